The van der Waals surface area contributed by atoms with Gasteiger partial charge in [0.2, 0.25) is 0 Å². The van der Waals surface area contributed by atoms with Gasteiger partial charge < -0.3 is 10.5 Å². The Labute approximate surface area is 116 Å². The average Bonchev–Trinajstić information content (AvgIpc) is 2.97. The highest BCUT2D eigenvalue weighted by molar-refractivity contribution is 5.74. The van der Waals surface area contributed by atoms with Gasteiger partial charge in [-0.25, -0.2) is 4.98 Å². The molecule has 0 bridgehead atoms. The summed E-state index contributed by atoms with van der Waals surface area (Å²) in [7, 11) is 1.61. The van der Waals surface area contributed by atoms with Crippen molar-refractivity contribution in [1.29, 1.82) is 0 Å². The lowest BCUT2D eigenvalue weighted by Crippen LogP contribution is -1.93. The molecule has 0 aliphatic rings. The molecule has 1 heterocycles. The molecule has 20 heavy (non-hydrogen) atoms. The van der Waals surface area contributed by atoms with Crippen LogP contribution in [0.15, 0.2) is 48.5 Å². The van der Waals surface area contributed by atoms with Crippen molar-refractivity contribution < 1.29 is 4.74 Å². The summed E-state index contributed by atoms with van der Waals surface area (Å²) in [5.41, 5.74) is 8.37. The number of nitrogen functional groups attached to an aromatic ring is 1. The first-order valence-corrected chi connectivity index (χ1v) is 6.19. The highest BCUT2D eigenvalue weighted by Crippen LogP contribution is 2.28. The molecule has 0 amide bonds. The van der Waals surface area contributed by atoms with Gasteiger partial charge in [-0.2, -0.15) is 5.10 Å². The number of benzene rings is 2. The molecule has 3 N–H and O–H groups in total. The van der Waals surface area contributed by atoms with Gasteiger partial charge in [-0.05, 0) is 12.1 Å². The number of ether oxygens (including phenoxy) is 1. The normalized spacial score (nSPS) is 10.4. The summed E-state index contributed by atoms with van der Waals surface area (Å²) >= 11 is 0. The second-order valence-electron chi connectivity index (χ2n) is 4.33. The Morgan fingerprint density at radius 2 is 1.90 bits per heavy atom. The van der Waals surface area contributed by atoms with Crippen LogP contribution in [0.1, 0.15) is 0 Å². The quantitative estimate of drug-likeness (QED) is 0.715. The van der Waals surface area contributed by atoms with Crippen molar-refractivity contribution in [3.05, 3.63) is 48.5 Å². The molecule has 0 fully saturated rings. The fourth-order valence-electron chi connectivity index (χ4n) is 1.98. The molecule has 0 saturated carbocycles. The topological polar surface area (TPSA) is 76.8 Å². The summed E-state index contributed by atoms with van der Waals surface area (Å²) in [6, 6.07) is 15.3. The molecule has 100 valence electrons. The van der Waals surface area contributed by atoms with Crippen LogP contribution in [-0.4, -0.2) is 22.3 Å². The third-order valence-electron chi connectivity index (χ3n) is 3.03. The van der Waals surface area contributed by atoms with E-state index in [0.717, 1.165) is 11.1 Å². The molecule has 0 atom stereocenters. The van der Waals surface area contributed by atoms with E-state index >= 15 is 0 Å². The third-order valence-corrected chi connectivity index (χ3v) is 3.03. The molecule has 0 aliphatic carbocycles. The first-order valence-electron chi connectivity index (χ1n) is 6.19. The van der Waals surface area contributed by atoms with Crippen LogP contribution in [0.25, 0.3) is 22.8 Å². The summed E-state index contributed by atoms with van der Waals surface area (Å²) < 4.78 is 5.13. The molecule has 3 aromatic rings. The smallest absolute Gasteiger partial charge is 0.181 e. The number of aromatic amines is 1. The number of methoxy groups -OCH3 is 1. The lowest BCUT2D eigenvalue weighted by Gasteiger charge is -2.04. The van der Waals surface area contributed by atoms with E-state index in [9.17, 15) is 0 Å². The Kier molecular flexibility index (Phi) is 3.09. The fraction of sp³-hybridized carbons (Fsp3) is 0.0667. The van der Waals surface area contributed by atoms with E-state index in [4.69, 9.17) is 10.5 Å². The molecular formula is C15H14N4O. The minimum Gasteiger partial charge on any atom is -0.497 e. The second-order valence-corrected chi connectivity index (χ2v) is 4.33. The Morgan fingerprint density at radius 3 is 2.60 bits per heavy atom. The maximum Gasteiger partial charge on any atom is 0.181 e. The van der Waals surface area contributed by atoms with E-state index in [1.165, 1.54) is 0 Å². The predicted octanol–water partition coefficient (Wildman–Crippen LogP) is 2.73. The number of nitrogens with two attached hydrogens (primary N) is 1. The van der Waals surface area contributed by atoms with Gasteiger partial charge in [-0.3, -0.25) is 5.10 Å². The second kappa shape index (κ2) is 5.05. The van der Waals surface area contributed by atoms with E-state index < -0.39 is 0 Å². The molecule has 2 aromatic carbocycles. The van der Waals surface area contributed by atoms with Crippen molar-refractivity contribution in [2.45, 2.75) is 0 Å². The minimum atomic E-state index is 0.597. The van der Waals surface area contributed by atoms with Crippen LogP contribution in [0.4, 0.5) is 5.69 Å². The summed E-state index contributed by atoms with van der Waals surface area (Å²) in [6.45, 7) is 0. The van der Waals surface area contributed by atoms with Gasteiger partial charge in [0, 0.05) is 22.9 Å². The number of H-pyrrole nitrogens is 1. The molecule has 5 nitrogen and oxygen atoms in total. The molecule has 1 aromatic heterocycles. The van der Waals surface area contributed by atoms with Crippen LogP contribution < -0.4 is 10.5 Å². The Morgan fingerprint density at radius 1 is 1.10 bits per heavy atom. The lowest BCUT2D eigenvalue weighted by molar-refractivity contribution is 0.415. The zero-order valence-corrected chi connectivity index (χ0v) is 11.0. The third kappa shape index (κ3) is 2.21. The van der Waals surface area contributed by atoms with Crippen molar-refractivity contribution in [2.24, 2.45) is 0 Å². The van der Waals surface area contributed by atoms with E-state index in [1.807, 2.05) is 42.5 Å². The minimum absolute atomic E-state index is 0.597. The van der Waals surface area contributed by atoms with Crippen LogP contribution in [0, 0.1) is 0 Å². The van der Waals surface area contributed by atoms with Crippen molar-refractivity contribution in [1.82, 2.24) is 15.2 Å². The molecule has 0 radical (unpaired) electrons. The Balaban J connectivity index is 1.98. The standard InChI is InChI=1S/C15H14N4O/c1-20-11-7-8-12(13(16)9-11)15-17-14(18-19-15)10-5-3-2-4-6-10/h2-9H,16H2,1H3,(H,17,18,19). The number of nitrogens with zero attached hydrogens (tertiary/aromatic N) is 2. The van der Waals surface area contributed by atoms with Gasteiger partial charge in [0.25, 0.3) is 0 Å². The van der Waals surface area contributed by atoms with Crippen molar-refractivity contribution in [3.63, 3.8) is 0 Å². The zero-order chi connectivity index (χ0) is 13.9. The predicted molar refractivity (Wildman–Crippen MR) is 78.2 cm³/mol. The number of anilines is 1. The highest BCUT2D eigenvalue weighted by atomic mass is 16.5. The maximum absolute atomic E-state index is 6.01. The summed E-state index contributed by atoms with van der Waals surface area (Å²) in [4.78, 5) is 4.48. The SMILES string of the molecule is COc1ccc(-c2nc(-c3ccccc3)n[nH]2)c(N)c1. The Hall–Kier alpha value is -2.82. The lowest BCUT2D eigenvalue weighted by atomic mass is 10.1. The molecular weight excluding hydrogens is 252 g/mol. The van der Waals surface area contributed by atoms with Gasteiger partial charge >= 0.3 is 0 Å². The van der Waals surface area contributed by atoms with Crippen molar-refractivity contribution >= 4 is 5.69 Å². The fourth-order valence-corrected chi connectivity index (χ4v) is 1.98. The number of rotatable bonds is 3. The van der Waals surface area contributed by atoms with Gasteiger partial charge in [0.1, 0.15) is 5.75 Å². The van der Waals surface area contributed by atoms with E-state index in [-0.39, 0.29) is 0 Å². The van der Waals surface area contributed by atoms with Gasteiger partial charge in [0.05, 0.1) is 7.11 Å². The van der Waals surface area contributed by atoms with E-state index in [0.29, 0.717) is 23.1 Å². The van der Waals surface area contributed by atoms with Gasteiger partial charge in [0.15, 0.2) is 11.6 Å². The van der Waals surface area contributed by atoms with Crippen LogP contribution in [-0.2, 0) is 0 Å². The Bertz CT molecular complexity index is 722. The number of aromatic nitrogens is 3. The van der Waals surface area contributed by atoms with Crippen LogP contribution in [0.5, 0.6) is 5.75 Å². The first-order chi connectivity index (χ1) is 9.78. The van der Waals surface area contributed by atoms with Crippen molar-refractivity contribution in [3.8, 4) is 28.5 Å². The zero-order valence-electron chi connectivity index (χ0n) is 11.0. The molecule has 0 saturated heterocycles. The molecule has 0 spiro atoms. The number of hydrogen-bond donors (Lipinski definition) is 2. The largest absolute Gasteiger partial charge is 0.497 e. The van der Waals surface area contributed by atoms with Gasteiger partial charge in [-0.1, -0.05) is 30.3 Å². The molecule has 0 aliphatic heterocycles. The van der Waals surface area contributed by atoms with E-state index in [2.05, 4.69) is 15.2 Å². The highest BCUT2D eigenvalue weighted by Gasteiger charge is 2.10. The average molecular weight is 266 g/mol. The molecule has 5 heteroatoms. The van der Waals surface area contributed by atoms with Crippen LogP contribution in [0.3, 0.4) is 0 Å². The maximum atomic E-state index is 6.01. The summed E-state index contributed by atoms with van der Waals surface area (Å²) in [5, 5.41) is 7.14. The molecule has 0 unspecified atom stereocenters. The monoisotopic (exact) mass is 266 g/mol. The number of hydrogen-bond acceptors (Lipinski definition) is 4. The first kappa shape index (κ1) is 12.2. The summed E-state index contributed by atoms with van der Waals surface area (Å²) in [6.07, 6.45) is 0. The van der Waals surface area contributed by atoms with E-state index in [1.54, 1.807) is 13.2 Å². The number of nitrogens with one attached hydrogen (secondary N) is 1. The molecule has 3 rings (SSSR count). The van der Waals surface area contributed by atoms with Gasteiger partial charge in [-0.15, -0.1) is 0 Å². The van der Waals surface area contributed by atoms with Crippen LogP contribution in [0.2, 0.25) is 0 Å². The summed E-state index contributed by atoms with van der Waals surface area (Å²) in [5.74, 6) is 2.01. The van der Waals surface area contributed by atoms with Crippen molar-refractivity contribution in [2.75, 3.05) is 12.8 Å². The van der Waals surface area contributed by atoms with Crippen LogP contribution >= 0.6 is 0 Å².